The molecule has 224 valence electrons. The lowest BCUT2D eigenvalue weighted by molar-refractivity contribution is -0.143. The minimum Gasteiger partial charge on any atom is -0.423 e. The van der Waals surface area contributed by atoms with Gasteiger partial charge in [0.1, 0.15) is 28.4 Å². The third-order valence-corrected chi connectivity index (χ3v) is 7.57. The van der Waals surface area contributed by atoms with Gasteiger partial charge in [0.2, 0.25) is 0 Å². The summed E-state index contributed by atoms with van der Waals surface area (Å²) in [4.78, 5) is 37.3. The topological polar surface area (TPSA) is 78.9 Å². The Hall–Kier alpha value is -4.78. The minimum absolute atomic E-state index is 0.183. The molecule has 0 aromatic heterocycles. The highest BCUT2D eigenvalue weighted by molar-refractivity contribution is 7.97. The second-order valence-electron chi connectivity index (χ2n) is 8.62. The molecule has 0 unspecified atom stereocenters. The Morgan fingerprint density at radius 1 is 0.535 bits per heavy atom. The van der Waals surface area contributed by atoms with Crippen molar-refractivity contribution in [1.29, 1.82) is 0 Å². The molecular weight excluding hydrogens is 602 g/mol. The van der Waals surface area contributed by atoms with E-state index in [2.05, 4.69) is 19.7 Å². The van der Waals surface area contributed by atoms with Crippen molar-refractivity contribution in [1.82, 2.24) is 0 Å². The van der Waals surface area contributed by atoms with Crippen LogP contribution in [0.15, 0.2) is 124 Å². The van der Waals surface area contributed by atoms with Crippen molar-refractivity contribution < 1.29 is 54.9 Å². The number of alkyl halides is 6. The molecule has 6 nitrogen and oxygen atoms in total. The SMILES string of the molecule is C=C(C)C(=O)Oc1ccc([S+](c2ccc(OC(=O)C(=C)C(F)(F)F)cc2)c2ccc(OC(=O)C(=C)C(F)(F)F)cc2)cc1. The van der Waals surface area contributed by atoms with Gasteiger partial charge in [-0.05, 0) is 79.7 Å². The van der Waals surface area contributed by atoms with Crippen LogP contribution >= 0.6 is 0 Å². The van der Waals surface area contributed by atoms with Crippen LogP contribution in [0.3, 0.4) is 0 Å². The normalized spacial score (nSPS) is 11.4. The van der Waals surface area contributed by atoms with Gasteiger partial charge < -0.3 is 14.2 Å². The number of ether oxygens (including phenoxy) is 3. The minimum atomic E-state index is -4.96. The van der Waals surface area contributed by atoms with E-state index in [0.717, 1.165) is 0 Å². The second kappa shape index (κ2) is 13.0. The van der Waals surface area contributed by atoms with Gasteiger partial charge in [0.05, 0.1) is 10.9 Å². The van der Waals surface area contributed by atoms with E-state index in [0.29, 0.717) is 14.7 Å². The third-order valence-electron chi connectivity index (χ3n) is 5.34. The summed E-state index contributed by atoms with van der Waals surface area (Å²) in [6, 6.07) is 17.4. The molecule has 0 aliphatic rings. The van der Waals surface area contributed by atoms with E-state index < -0.39 is 52.3 Å². The van der Waals surface area contributed by atoms with Gasteiger partial charge in [0, 0.05) is 5.57 Å². The molecule has 43 heavy (non-hydrogen) atoms. The summed E-state index contributed by atoms with van der Waals surface area (Å²) in [5, 5.41) is 0. The van der Waals surface area contributed by atoms with Crippen LogP contribution in [0.4, 0.5) is 26.3 Å². The molecule has 0 radical (unpaired) electrons. The molecule has 0 spiro atoms. The van der Waals surface area contributed by atoms with Gasteiger partial charge in [0.15, 0.2) is 14.7 Å². The third kappa shape index (κ3) is 8.61. The van der Waals surface area contributed by atoms with Crippen LogP contribution < -0.4 is 14.2 Å². The molecule has 0 heterocycles. The zero-order valence-electron chi connectivity index (χ0n) is 22.2. The Morgan fingerprint density at radius 2 is 0.791 bits per heavy atom. The molecule has 0 atom stereocenters. The van der Waals surface area contributed by atoms with Crippen LogP contribution in [0.5, 0.6) is 17.2 Å². The quantitative estimate of drug-likeness (QED) is 0.0818. The zero-order chi connectivity index (χ0) is 32.1. The number of rotatable bonds is 9. The van der Waals surface area contributed by atoms with Crippen LogP contribution in [0.1, 0.15) is 6.92 Å². The first-order valence-corrected chi connectivity index (χ1v) is 13.1. The van der Waals surface area contributed by atoms with Crippen molar-refractivity contribution in [3.8, 4) is 17.2 Å². The molecular formula is C30H21F6O6S+. The summed E-state index contributed by atoms with van der Waals surface area (Å²) >= 11 is 0. The van der Waals surface area contributed by atoms with Gasteiger partial charge in [0.25, 0.3) is 0 Å². The van der Waals surface area contributed by atoms with Crippen LogP contribution in [-0.2, 0) is 25.3 Å². The van der Waals surface area contributed by atoms with Gasteiger partial charge in [-0.1, -0.05) is 19.7 Å². The van der Waals surface area contributed by atoms with E-state index in [1.807, 2.05) is 0 Å². The Balaban J connectivity index is 1.93. The Kier molecular flexibility index (Phi) is 9.92. The number of halogens is 6. The summed E-state index contributed by atoms with van der Waals surface area (Å²) in [6.07, 6.45) is -9.93. The van der Waals surface area contributed by atoms with Gasteiger partial charge >= 0.3 is 30.3 Å². The molecule has 3 rings (SSSR count). The van der Waals surface area contributed by atoms with E-state index in [1.165, 1.54) is 67.6 Å². The fourth-order valence-corrected chi connectivity index (χ4v) is 5.14. The number of carbonyl (C=O) groups is 3. The first-order chi connectivity index (χ1) is 20.0. The summed E-state index contributed by atoms with van der Waals surface area (Å²) in [6.45, 7) is 10.4. The maximum absolute atomic E-state index is 12.8. The van der Waals surface area contributed by atoms with Crippen LogP contribution in [-0.4, -0.2) is 30.3 Å². The number of esters is 3. The van der Waals surface area contributed by atoms with Gasteiger partial charge in [-0.25, -0.2) is 14.4 Å². The van der Waals surface area contributed by atoms with Gasteiger partial charge in [-0.15, -0.1) is 0 Å². The summed E-state index contributed by atoms with van der Waals surface area (Å²) < 4.78 is 91.3. The lowest BCUT2D eigenvalue weighted by atomic mass is 10.3. The van der Waals surface area contributed by atoms with Crippen LogP contribution in [0.25, 0.3) is 0 Å². The first-order valence-electron chi connectivity index (χ1n) is 11.9. The first kappa shape index (κ1) is 32.7. The molecule has 0 fully saturated rings. The lowest BCUT2D eigenvalue weighted by Gasteiger charge is -2.12. The van der Waals surface area contributed by atoms with Crippen molar-refractivity contribution in [2.75, 3.05) is 0 Å². The number of hydrogen-bond donors (Lipinski definition) is 0. The highest BCUT2D eigenvalue weighted by Gasteiger charge is 2.39. The highest BCUT2D eigenvalue weighted by Crippen LogP contribution is 2.35. The van der Waals surface area contributed by atoms with E-state index in [-0.39, 0.29) is 22.8 Å². The maximum atomic E-state index is 12.8. The predicted molar refractivity (Wildman–Crippen MR) is 144 cm³/mol. The number of hydrogen-bond acceptors (Lipinski definition) is 6. The molecule has 0 saturated carbocycles. The standard InChI is InChI=1S/C30H21F6O6S/c1-17(2)26(37)40-20-5-11-23(12-6-20)43(24-13-7-21(8-14-24)41-27(38)18(3)29(31,32)33)25-15-9-22(10-16-25)42-28(39)19(4)30(34,35)36/h5-16H,1,3-4H2,2H3/q+1. The average Bonchev–Trinajstić information content (AvgIpc) is 2.93. The van der Waals surface area contributed by atoms with Crippen molar-refractivity contribution in [3.63, 3.8) is 0 Å². The van der Waals surface area contributed by atoms with Gasteiger partial charge in [-0.3, -0.25) is 0 Å². The Bertz CT molecular complexity index is 1470. The summed E-state index contributed by atoms with van der Waals surface area (Å²) in [5.74, 6) is -4.12. The average molecular weight is 624 g/mol. The zero-order valence-corrected chi connectivity index (χ0v) is 23.0. The van der Waals surface area contributed by atoms with Gasteiger partial charge in [-0.2, -0.15) is 26.3 Å². The molecule has 0 amide bonds. The van der Waals surface area contributed by atoms with E-state index in [9.17, 15) is 40.7 Å². The highest BCUT2D eigenvalue weighted by atomic mass is 32.2. The summed E-state index contributed by atoms with van der Waals surface area (Å²) in [5.41, 5.74) is -3.17. The fourth-order valence-electron chi connectivity index (χ4n) is 3.10. The van der Waals surface area contributed by atoms with Crippen molar-refractivity contribution in [3.05, 3.63) is 109 Å². The largest absolute Gasteiger partial charge is 0.423 e. The summed E-state index contributed by atoms with van der Waals surface area (Å²) in [7, 11) is -0.966. The monoisotopic (exact) mass is 623 g/mol. The molecule has 0 N–H and O–H groups in total. The number of benzene rings is 3. The van der Waals surface area contributed by atoms with Crippen molar-refractivity contribution >= 4 is 28.8 Å². The second-order valence-corrected chi connectivity index (χ2v) is 10.6. The molecule has 0 bridgehead atoms. The molecule has 3 aromatic rings. The molecule has 13 heteroatoms. The number of carbonyl (C=O) groups excluding carboxylic acids is 3. The van der Waals surface area contributed by atoms with Crippen molar-refractivity contribution in [2.45, 2.75) is 34.0 Å². The Labute approximate surface area is 244 Å². The fraction of sp³-hybridized carbons (Fsp3) is 0.100. The predicted octanol–water partition coefficient (Wildman–Crippen LogP) is 7.31. The molecule has 0 aliphatic heterocycles. The lowest BCUT2D eigenvalue weighted by Crippen LogP contribution is -2.23. The molecule has 3 aromatic carbocycles. The van der Waals surface area contributed by atoms with E-state index in [4.69, 9.17) is 14.2 Å². The van der Waals surface area contributed by atoms with Crippen LogP contribution in [0.2, 0.25) is 0 Å². The maximum Gasteiger partial charge on any atom is 0.422 e. The molecule has 0 saturated heterocycles. The van der Waals surface area contributed by atoms with E-state index in [1.54, 1.807) is 12.1 Å². The van der Waals surface area contributed by atoms with Crippen LogP contribution in [0, 0.1) is 0 Å². The molecule has 0 aliphatic carbocycles. The smallest absolute Gasteiger partial charge is 0.422 e. The van der Waals surface area contributed by atoms with Crippen molar-refractivity contribution in [2.24, 2.45) is 0 Å². The Morgan fingerprint density at radius 3 is 1.02 bits per heavy atom. The van der Waals surface area contributed by atoms with E-state index >= 15 is 0 Å².